The summed E-state index contributed by atoms with van der Waals surface area (Å²) in [5, 5.41) is 10.1. The summed E-state index contributed by atoms with van der Waals surface area (Å²) in [7, 11) is 3.04. The second-order valence-electron chi connectivity index (χ2n) is 6.22. The van der Waals surface area contributed by atoms with E-state index < -0.39 is 0 Å². The zero-order valence-corrected chi connectivity index (χ0v) is 17.1. The van der Waals surface area contributed by atoms with Crippen molar-refractivity contribution in [1.82, 2.24) is 9.55 Å². The molecule has 1 aromatic heterocycles. The molecule has 0 aliphatic carbocycles. The Morgan fingerprint density at radius 2 is 1.97 bits per heavy atom. The largest absolute Gasteiger partial charge is 0.497 e. The molecule has 0 atom stereocenters. The van der Waals surface area contributed by atoms with Gasteiger partial charge in [-0.2, -0.15) is 0 Å². The molecule has 0 spiro atoms. The molecular weight excluding hydrogens is 392 g/mol. The molecule has 0 bridgehead atoms. The number of fused-ring (bicyclic) bond motifs is 1. The molecule has 0 radical (unpaired) electrons. The summed E-state index contributed by atoms with van der Waals surface area (Å²) in [6.07, 6.45) is 0.424. The molecule has 29 heavy (non-hydrogen) atoms. The van der Waals surface area contributed by atoms with Crippen molar-refractivity contribution in [2.24, 2.45) is 0 Å². The molecule has 0 saturated carbocycles. The van der Waals surface area contributed by atoms with Gasteiger partial charge in [0.25, 0.3) is 5.56 Å². The first kappa shape index (κ1) is 20.9. The molecule has 1 heterocycles. The number of carbonyl (C=O) groups is 1. The fourth-order valence-electron chi connectivity index (χ4n) is 2.92. The maximum atomic E-state index is 12.8. The number of Topliss-reactive ketones (excluding diaryl/α,β-unsaturated/α-hetero) is 1. The number of aliphatic hydroxyl groups excluding tert-OH is 1. The molecule has 0 saturated heterocycles. The van der Waals surface area contributed by atoms with Crippen LogP contribution in [0.2, 0.25) is 0 Å². The molecule has 3 rings (SSSR count). The summed E-state index contributed by atoms with van der Waals surface area (Å²) in [5.74, 6) is 0.969. The van der Waals surface area contributed by atoms with Crippen molar-refractivity contribution in [3.05, 3.63) is 58.4 Å². The highest BCUT2D eigenvalue weighted by molar-refractivity contribution is 7.99. The van der Waals surface area contributed by atoms with Crippen LogP contribution in [-0.2, 0) is 6.54 Å². The molecule has 0 aliphatic rings. The Labute approximate surface area is 172 Å². The van der Waals surface area contributed by atoms with E-state index in [0.717, 1.165) is 0 Å². The van der Waals surface area contributed by atoms with E-state index in [4.69, 9.17) is 14.6 Å². The first-order valence-corrected chi connectivity index (χ1v) is 10.1. The van der Waals surface area contributed by atoms with Gasteiger partial charge in [0, 0.05) is 19.2 Å². The predicted octanol–water partition coefficient (Wildman–Crippen LogP) is 2.77. The number of ketones is 1. The molecule has 8 heteroatoms. The molecule has 3 aromatic rings. The number of aromatic nitrogens is 2. The van der Waals surface area contributed by atoms with Gasteiger partial charge in [0.1, 0.15) is 11.5 Å². The molecule has 1 N–H and O–H groups in total. The zero-order valence-electron chi connectivity index (χ0n) is 16.3. The zero-order chi connectivity index (χ0) is 20.8. The number of rotatable bonds is 9. The fourth-order valence-corrected chi connectivity index (χ4v) is 3.83. The number of nitrogens with zero attached hydrogens (tertiary/aromatic N) is 2. The number of hydrogen-bond acceptors (Lipinski definition) is 7. The molecular formula is C21H22N2O5S. The number of thioether (sulfide) groups is 1. The average Bonchev–Trinajstić information content (AvgIpc) is 2.76. The third kappa shape index (κ3) is 4.60. The number of ether oxygens (including phenoxy) is 2. The van der Waals surface area contributed by atoms with Gasteiger partial charge < -0.3 is 14.6 Å². The maximum Gasteiger partial charge on any atom is 0.262 e. The number of benzene rings is 2. The normalized spacial score (nSPS) is 10.9. The van der Waals surface area contributed by atoms with Crippen molar-refractivity contribution in [2.75, 3.05) is 26.6 Å². The van der Waals surface area contributed by atoms with Crippen LogP contribution in [0.3, 0.4) is 0 Å². The van der Waals surface area contributed by atoms with E-state index >= 15 is 0 Å². The van der Waals surface area contributed by atoms with Crippen molar-refractivity contribution in [3.8, 4) is 11.5 Å². The van der Waals surface area contributed by atoms with Gasteiger partial charge in [0.15, 0.2) is 10.9 Å². The highest BCUT2D eigenvalue weighted by atomic mass is 32.2. The Morgan fingerprint density at radius 3 is 2.69 bits per heavy atom. The fraction of sp³-hybridized carbons (Fsp3) is 0.286. The standard InChI is InChI=1S/C21H22N2O5S/c1-27-14-8-9-16(19(12-14)28-2)18(25)13-29-21-22-17-7-4-3-6-15(17)20(26)23(21)10-5-11-24/h3-4,6-9,12,24H,5,10-11,13H2,1-2H3. The van der Waals surface area contributed by atoms with Crippen LogP contribution in [0.5, 0.6) is 11.5 Å². The first-order chi connectivity index (χ1) is 14.1. The third-order valence-electron chi connectivity index (χ3n) is 4.41. The second kappa shape index (κ2) is 9.58. The molecule has 152 valence electrons. The quantitative estimate of drug-likeness (QED) is 0.327. The minimum Gasteiger partial charge on any atom is -0.497 e. The summed E-state index contributed by atoms with van der Waals surface area (Å²) in [6, 6.07) is 12.1. The van der Waals surface area contributed by atoms with Crippen LogP contribution in [0.4, 0.5) is 0 Å². The average molecular weight is 414 g/mol. The molecule has 7 nitrogen and oxygen atoms in total. The highest BCUT2D eigenvalue weighted by Crippen LogP contribution is 2.27. The van der Waals surface area contributed by atoms with Gasteiger partial charge >= 0.3 is 0 Å². The SMILES string of the molecule is COc1ccc(C(=O)CSc2nc3ccccc3c(=O)n2CCCO)c(OC)c1. The Balaban J connectivity index is 1.90. The third-order valence-corrected chi connectivity index (χ3v) is 5.38. The van der Waals surface area contributed by atoms with E-state index in [2.05, 4.69) is 4.98 Å². The molecule has 0 aliphatic heterocycles. The Morgan fingerprint density at radius 1 is 1.17 bits per heavy atom. The molecule has 0 amide bonds. The van der Waals surface area contributed by atoms with Crippen LogP contribution < -0.4 is 15.0 Å². The van der Waals surface area contributed by atoms with E-state index in [1.165, 1.54) is 23.4 Å². The minimum absolute atomic E-state index is 0.0364. The first-order valence-electron chi connectivity index (χ1n) is 9.07. The van der Waals surface area contributed by atoms with E-state index in [1.807, 2.05) is 6.07 Å². The monoisotopic (exact) mass is 414 g/mol. The Hall–Kier alpha value is -2.84. The van der Waals surface area contributed by atoms with Gasteiger partial charge in [0.05, 0.1) is 36.4 Å². The van der Waals surface area contributed by atoms with Gasteiger partial charge in [-0.15, -0.1) is 0 Å². The predicted molar refractivity (Wildman–Crippen MR) is 112 cm³/mol. The Kier molecular flexibility index (Phi) is 6.90. The number of para-hydroxylation sites is 1. The maximum absolute atomic E-state index is 12.8. The highest BCUT2D eigenvalue weighted by Gasteiger charge is 2.17. The van der Waals surface area contributed by atoms with E-state index in [-0.39, 0.29) is 23.7 Å². The molecule has 0 unspecified atom stereocenters. The lowest BCUT2D eigenvalue weighted by molar-refractivity contribution is 0.101. The van der Waals surface area contributed by atoms with Crippen LogP contribution >= 0.6 is 11.8 Å². The van der Waals surface area contributed by atoms with Crippen LogP contribution in [0, 0.1) is 0 Å². The van der Waals surface area contributed by atoms with E-state index in [1.54, 1.807) is 43.5 Å². The van der Waals surface area contributed by atoms with Crippen molar-refractivity contribution >= 4 is 28.4 Å². The van der Waals surface area contributed by atoms with Crippen molar-refractivity contribution in [1.29, 1.82) is 0 Å². The summed E-state index contributed by atoms with van der Waals surface area (Å²) in [6.45, 7) is 0.293. The van der Waals surface area contributed by atoms with Crippen molar-refractivity contribution in [3.63, 3.8) is 0 Å². The van der Waals surface area contributed by atoms with Crippen molar-refractivity contribution in [2.45, 2.75) is 18.1 Å². The van der Waals surface area contributed by atoms with Crippen LogP contribution in [0.1, 0.15) is 16.8 Å². The number of hydrogen-bond donors (Lipinski definition) is 1. The summed E-state index contributed by atoms with van der Waals surface area (Å²) in [4.78, 5) is 30.2. The summed E-state index contributed by atoms with van der Waals surface area (Å²) in [5.41, 5.74) is 0.835. The lowest BCUT2D eigenvalue weighted by Crippen LogP contribution is -2.24. The van der Waals surface area contributed by atoms with Gasteiger partial charge in [-0.05, 0) is 30.7 Å². The second-order valence-corrected chi connectivity index (χ2v) is 7.17. The van der Waals surface area contributed by atoms with Gasteiger partial charge in [-0.25, -0.2) is 4.98 Å². The number of methoxy groups -OCH3 is 2. The minimum atomic E-state index is -0.180. The molecule has 2 aromatic carbocycles. The summed E-state index contributed by atoms with van der Waals surface area (Å²) < 4.78 is 12.0. The van der Waals surface area contributed by atoms with E-state index in [0.29, 0.717) is 46.1 Å². The Bertz CT molecular complexity index is 1080. The number of carbonyl (C=O) groups excluding carboxylic acids is 1. The van der Waals surface area contributed by atoms with Crippen molar-refractivity contribution < 1.29 is 19.4 Å². The topological polar surface area (TPSA) is 90.7 Å². The lowest BCUT2D eigenvalue weighted by atomic mass is 10.1. The smallest absolute Gasteiger partial charge is 0.262 e. The van der Waals surface area contributed by atoms with Gasteiger partial charge in [0.2, 0.25) is 0 Å². The number of aliphatic hydroxyl groups is 1. The van der Waals surface area contributed by atoms with Crippen LogP contribution in [0.15, 0.2) is 52.4 Å². The summed E-state index contributed by atoms with van der Waals surface area (Å²) >= 11 is 1.19. The van der Waals surface area contributed by atoms with Crippen LogP contribution in [0.25, 0.3) is 10.9 Å². The van der Waals surface area contributed by atoms with Crippen LogP contribution in [-0.4, -0.2) is 47.0 Å². The van der Waals surface area contributed by atoms with Gasteiger partial charge in [-0.3, -0.25) is 14.2 Å². The molecule has 0 fully saturated rings. The van der Waals surface area contributed by atoms with Gasteiger partial charge in [-0.1, -0.05) is 23.9 Å². The van der Waals surface area contributed by atoms with E-state index in [9.17, 15) is 9.59 Å². The lowest BCUT2D eigenvalue weighted by Gasteiger charge is -2.13.